The maximum absolute atomic E-state index is 11.3. The number of rotatable bonds is 4. The molecule has 102 valence electrons. The number of carbonyl (C=O) groups excluding carboxylic acids is 1. The van der Waals surface area contributed by atoms with Gasteiger partial charge in [0, 0.05) is 30.3 Å². The maximum Gasteiger partial charge on any atom is 0.224 e. The van der Waals surface area contributed by atoms with Crippen LogP contribution >= 0.6 is 0 Å². The quantitative estimate of drug-likeness (QED) is 0.849. The summed E-state index contributed by atoms with van der Waals surface area (Å²) in [7, 11) is 2.02. The Kier molecular flexibility index (Phi) is 4.66. The molecule has 20 heavy (non-hydrogen) atoms. The van der Waals surface area contributed by atoms with Crippen LogP contribution in [0.4, 0.5) is 5.69 Å². The van der Waals surface area contributed by atoms with E-state index in [2.05, 4.69) is 28.1 Å². The molecule has 3 nitrogen and oxygen atoms in total. The van der Waals surface area contributed by atoms with Crippen LogP contribution in [-0.2, 0) is 11.8 Å². The van der Waals surface area contributed by atoms with E-state index in [-0.39, 0.29) is 5.91 Å². The molecule has 1 amide bonds. The highest BCUT2D eigenvalue weighted by molar-refractivity contribution is 5.90. The molecule has 2 aromatic rings. The Morgan fingerprint density at radius 3 is 2.55 bits per heavy atom. The molecule has 0 saturated carbocycles. The summed E-state index contributed by atoms with van der Waals surface area (Å²) in [5, 5.41) is 2.83. The molecule has 0 radical (unpaired) electrons. The van der Waals surface area contributed by atoms with E-state index >= 15 is 0 Å². The van der Waals surface area contributed by atoms with Crippen molar-refractivity contribution in [3.05, 3.63) is 59.9 Å². The Balaban J connectivity index is 2.07. The van der Waals surface area contributed by atoms with Crippen LogP contribution in [0.2, 0.25) is 0 Å². The maximum atomic E-state index is 11.3. The average Bonchev–Trinajstić information content (AvgIpc) is 2.48. The molecular formula is C17H19N2O+. The summed E-state index contributed by atoms with van der Waals surface area (Å²) in [6.45, 7) is 1.84. The standard InChI is InChI=1S/C17H18N2O/c1-3-17(20)18-15-10-7-14(8-11-15)9-12-16-6-4-5-13-19(16)2/h4-13H,3H2,1-2H3/p+1. The third-order valence-electron chi connectivity index (χ3n) is 3.06. The number of aryl methyl sites for hydroxylation is 1. The molecule has 1 aromatic heterocycles. The van der Waals surface area contributed by atoms with Crippen molar-refractivity contribution >= 4 is 23.7 Å². The molecule has 0 atom stereocenters. The highest BCUT2D eigenvalue weighted by Gasteiger charge is 2.00. The number of aromatic nitrogens is 1. The molecule has 0 spiro atoms. The Hall–Kier alpha value is -2.42. The highest BCUT2D eigenvalue weighted by atomic mass is 16.1. The van der Waals surface area contributed by atoms with Crippen molar-refractivity contribution in [2.75, 3.05) is 5.32 Å². The molecule has 0 bridgehead atoms. The third-order valence-corrected chi connectivity index (χ3v) is 3.06. The average molecular weight is 267 g/mol. The summed E-state index contributed by atoms with van der Waals surface area (Å²) in [5.41, 5.74) is 3.07. The zero-order valence-corrected chi connectivity index (χ0v) is 11.8. The van der Waals surface area contributed by atoms with Crippen molar-refractivity contribution in [2.45, 2.75) is 13.3 Å². The third kappa shape index (κ3) is 3.79. The summed E-state index contributed by atoms with van der Waals surface area (Å²) in [4.78, 5) is 11.3. The van der Waals surface area contributed by atoms with Gasteiger partial charge in [0.2, 0.25) is 11.6 Å². The van der Waals surface area contributed by atoms with Gasteiger partial charge in [-0.15, -0.1) is 0 Å². The van der Waals surface area contributed by atoms with Crippen LogP contribution < -0.4 is 9.88 Å². The van der Waals surface area contributed by atoms with E-state index in [4.69, 9.17) is 0 Å². The molecule has 3 heteroatoms. The number of anilines is 1. The van der Waals surface area contributed by atoms with E-state index in [1.165, 1.54) is 0 Å². The minimum absolute atomic E-state index is 0.0320. The fourth-order valence-electron chi connectivity index (χ4n) is 1.82. The lowest BCUT2D eigenvalue weighted by molar-refractivity contribution is -0.673. The van der Waals surface area contributed by atoms with Crippen molar-refractivity contribution in [3.63, 3.8) is 0 Å². The van der Waals surface area contributed by atoms with Gasteiger partial charge in [0.15, 0.2) is 6.20 Å². The first-order chi connectivity index (χ1) is 9.69. The number of hydrogen-bond donors (Lipinski definition) is 1. The number of carbonyl (C=O) groups is 1. The van der Waals surface area contributed by atoms with Crippen LogP contribution in [0, 0.1) is 0 Å². The number of hydrogen-bond acceptors (Lipinski definition) is 1. The van der Waals surface area contributed by atoms with Crippen LogP contribution in [0.3, 0.4) is 0 Å². The largest absolute Gasteiger partial charge is 0.326 e. The van der Waals surface area contributed by atoms with Crippen molar-refractivity contribution < 1.29 is 9.36 Å². The highest BCUT2D eigenvalue weighted by Crippen LogP contribution is 2.12. The molecule has 1 heterocycles. The van der Waals surface area contributed by atoms with E-state index in [0.29, 0.717) is 6.42 Å². The van der Waals surface area contributed by atoms with E-state index in [1.54, 1.807) is 0 Å². The van der Waals surface area contributed by atoms with E-state index in [0.717, 1.165) is 16.9 Å². The minimum atomic E-state index is 0.0320. The fraction of sp³-hybridized carbons (Fsp3) is 0.176. The molecule has 1 N–H and O–H groups in total. The Morgan fingerprint density at radius 1 is 1.15 bits per heavy atom. The normalized spacial score (nSPS) is 10.7. The van der Waals surface area contributed by atoms with Crippen molar-refractivity contribution in [1.82, 2.24) is 0 Å². The van der Waals surface area contributed by atoms with Gasteiger partial charge in [-0.1, -0.05) is 19.1 Å². The monoisotopic (exact) mass is 267 g/mol. The van der Waals surface area contributed by atoms with E-state index < -0.39 is 0 Å². The molecule has 0 fully saturated rings. The lowest BCUT2D eigenvalue weighted by Gasteiger charge is -2.03. The minimum Gasteiger partial charge on any atom is -0.326 e. The summed E-state index contributed by atoms with van der Waals surface area (Å²) >= 11 is 0. The van der Waals surface area contributed by atoms with Gasteiger partial charge in [-0.05, 0) is 29.8 Å². The van der Waals surface area contributed by atoms with Crippen LogP contribution in [0.25, 0.3) is 12.2 Å². The van der Waals surface area contributed by atoms with Crippen molar-refractivity contribution in [1.29, 1.82) is 0 Å². The molecule has 0 aliphatic heterocycles. The summed E-state index contributed by atoms with van der Waals surface area (Å²) in [6.07, 6.45) is 6.63. The fourth-order valence-corrected chi connectivity index (χ4v) is 1.82. The zero-order valence-electron chi connectivity index (χ0n) is 11.8. The second kappa shape index (κ2) is 6.66. The molecule has 0 aliphatic rings. The van der Waals surface area contributed by atoms with Crippen molar-refractivity contribution in [3.8, 4) is 0 Å². The van der Waals surface area contributed by atoms with Gasteiger partial charge in [0.25, 0.3) is 0 Å². The lowest BCUT2D eigenvalue weighted by atomic mass is 10.1. The first-order valence-corrected chi connectivity index (χ1v) is 6.71. The number of amides is 1. The lowest BCUT2D eigenvalue weighted by Crippen LogP contribution is -2.30. The Bertz CT molecular complexity index is 615. The van der Waals surface area contributed by atoms with Crippen LogP contribution in [0.1, 0.15) is 24.6 Å². The Morgan fingerprint density at radius 2 is 1.90 bits per heavy atom. The molecule has 1 aromatic carbocycles. The van der Waals surface area contributed by atoms with Crippen LogP contribution in [0.15, 0.2) is 48.7 Å². The predicted octanol–water partition coefficient (Wildman–Crippen LogP) is 3.03. The van der Waals surface area contributed by atoms with Crippen LogP contribution in [0.5, 0.6) is 0 Å². The molecular weight excluding hydrogens is 248 g/mol. The second-order valence-corrected chi connectivity index (χ2v) is 4.59. The van der Waals surface area contributed by atoms with Gasteiger partial charge in [0.05, 0.1) is 0 Å². The summed E-state index contributed by atoms with van der Waals surface area (Å²) in [5.74, 6) is 0.0320. The molecule has 2 rings (SSSR count). The van der Waals surface area contributed by atoms with Gasteiger partial charge >= 0.3 is 0 Å². The smallest absolute Gasteiger partial charge is 0.224 e. The van der Waals surface area contributed by atoms with Gasteiger partial charge in [-0.2, -0.15) is 0 Å². The summed E-state index contributed by atoms with van der Waals surface area (Å²) < 4.78 is 2.06. The number of nitrogens with zero attached hydrogens (tertiary/aromatic N) is 1. The van der Waals surface area contributed by atoms with Gasteiger partial charge in [0.1, 0.15) is 7.05 Å². The first kappa shape index (κ1) is 14.0. The molecule has 0 aliphatic carbocycles. The second-order valence-electron chi connectivity index (χ2n) is 4.59. The van der Waals surface area contributed by atoms with E-state index in [9.17, 15) is 4.79 Å². The predicted molar refractivity (Wildman–Crippen MR) is 81.9 cm³/mol. The molecule has 0 unspecified atom stereocenters. The zero-order chi connectivity index (χ0) is 14.4. The van der Waals surface area contributed by atoms with Crippen LogP contribution in [-0.4, -0.2) is 5.91 Å². The van der Waals surface area contributed by atoms with E-state index in [1.807, 2.05) is 56.6 Å². The number of nitrogens with one attached hydrogen (secondary N) is 1. The molecule has 0 saturated heterocycles. The SMILES string of the molecule is CCC(=O)Nc1ccc(/C=C/c2cccc[n+]2C)cc1. The first-order valence-electron chi connectivity index (χ1n) is 6.71. The topological polar surface area (TPSA) is 33.0 Å². The number of pyridine rings is 1. The van der Waals surface area contributed by atoms with Crippen molar-refractivity contribution in [2.24, 2.45) is 7.05 Å². The summed E-state index contributed by atoms with van der Waals surface area (Å²) in [6, 6.07) is 13.9. The van der Waals surface area contributed by atoms with Gasteiger partial charge in [-0.25, -0.2) is 4.57 Å². The number of benzene rings is 1. The Labute approximate surface area is 119 Å². The van der Waals surface area contributed by atoms with Gasteiger partial charge < -0.3 is 5.32 Å². The van der Waals surface area contributed by atoms with Gasteiger partial charge in [-0.3, -0.25) is 4.79 Å².